The van der Waals surface area contributed by atoms with E-state index in [0.29, 0.717) is 19.4 Å². The van der Waals surface area contributed by atoms with Crippen LogP contribution in [0.4, 0.5) is 0 Å². The number of carbonyl (C=O) groups excluding carboxylic acids is 1. The van der Waals surface area contributed by atoms with Crippen LogP contribution in [0.25, 0.3) is 0 Å². The van der Waals surface area contributed by atoms with Crippen molar-refractivity contribution in [1.82, 2.24) is 0 Å². The van der Waals surface area contributed by atoms with Crippen molar-refractivity contribution in [3.8, 4) is 12.3 Å². The smallest absolute Gasteiger partial charge is 0.331 e. The molecule has 0 aromatic heterocycles. The first kappa shape index (κ1) is 35.0. The van der Waals surface area contributed by atoms with Crippen molar-refractivity contribution in [3.63, 3.8) is 0 Å². The minimum absolute atomic E-state index is 0.0871. The molecule has 0 saturated carbocycles. The van der Waals surface area contributed by atoms with Crippen LogP contribution in [-0.4, -0.2) is 58.9 Å². The van der Waals surface area contributed by atoms with Crippen molar-refractivity contribution in [3.05, 3.63) is 24.3 Å². The van der Waals surface area contributed by atoms with Crippen LogP contribution < -0.4 is 0 Å². The number of ether oxygens (including phenoxy) is 3. The minimum atomic E-state index is -2.16. The maximum atomic E-state index is 12.2. The van der Waals surface area contributed by atoms with Gasteiger partial charge in [0.25, 0.3) is 0 Å². The molecule has 0 radical (unpaired) electrons. The highest BCUT2D eigenvalue weighted by Gasteiger charge is 2.51. The van der Waals surface area contributed by atoms with Crippen molar-refractivity contribution in [2.45, 2.75) is 148 Å². The number of terminal acetylenes is 1. The summed E-state index contributed by atoms with van der Waals surface area (Å²) in [4.78, 5) is 12.2. The van der Waals surface area contributed by atoms with Gasteiger partial charge >= 0.3 is 5.97 Å². The van der Waals surface area contributed by atoms with Crippen LogP contribution in [-0.2, 0) is 27.9 Å². The Hall–Kier alpha value is -1.22. The Morgan fingerprint density at radius 2 is 1.75 bits per heavy atom. The molecular weight excluding hydrogens is 537 g/mol. The van der Waals surface area contributed by atoms with Gasteiger partial charge in [0.1, 0.15) is 17.8 Å². The number of esters is 1. The molecule has 6 nitrogen and oxygen atoms in total. The molecule has 2 rings (SSSR count). The van der Waals surface area contributed by atoms with E-state index in [4.69, 9.17) is 29.5 Å². The topological polar surface area (TPSA) is 63.2 Å². The number of rotatable bonds is 13. The van der Waals surface area contributed by atoms with Gasteiger partial charge in [-0.3, -0.25) is 0 Å². The average Bonchev–Trinajstić information content (AvgIpc) is 2.88. The molecule has 0 N–H and O–H groups in total. The second-order valence-corrected chi connectivity index (χ2v) is 22.9. The highest BCUT2D eigenvalue weighted by molar-refractivity contribution is 6.74. The SMILES string of the molecule is C#C[C@@H]1C[C@H]([C@](/C=C/[C@@H]2OC(=O)C=C[C@@H]2CC)(CCO[Si](C)(C)C(C)(C)C)O[Si](CC)(CC)CC)OC(C)(C)O1. The number of carbonyl (C=O) groups is 1. The van der Waals surface area contributed by atoms with Crippen molar-refractivity contribution in [2.24, 2.45) is 5.92 Å². The Labute approximate surface area is 246 Å². The summed E-state index contributed by atoms with van der Waals surface area (Å²) in [5, 5.41) is 0.0871. The first-order valence-electron chi connectivity index (χ1n) is 15.3. The van der Waals surface area contributed by atoms with E-state index in [-0.39, 0.29) is 29.1 Å². The summed E-state index contributed by atoms with van der Waals surface area (Å²) in [5.74, 6) is 1.73. The molecule has 1 fully saturated rings. The minimum Gasteiger partial charge on any atom is -0.454 e. The predicted octanol–water partition coefficient (Wildman–Crippen LogP) is 7.77. The molecule has 5 atom stereocenters. The van der Waals surface area contributed by atoms with Gasteiger partial charge in [0.15, 0.2) is 22.4 Å². The molecule has 0 aromatic rings. The van der Waals surface area contributed by atoms with Gasteiger partial charge in [0.2, 0.25) is 0 Å². The van der Waals surface area contributed by atoms with Crippen molar-refractivity contribution in [2.75, 3.05) is 6.61 Å². The van der Waals surface area contributed by atoms with Gasteiger partial charge in [-0.05, 0) is 62.6 Å². The van der Waals surface area contributed by atoms with Crippen LogP contribution in [0.1, 0.15) is 81.6 Å². The highest BCUT2D eigenvalue weighted by Crippen LogP contribution is 2.42. The van der Waals surface area contributed by atoms with Crippen LogP contribution in [0.5, 0.6) is 0 Å². The fourth-order valence-corrected chi connectivity index (χ4v) is 9.43. The number of hydrogen-bond donors (Lipinski definition) is 0. The molecule has 40 heavy (non-hydrogen) atoms. The van der Waals surface area contributed by atoms with Crippen LogP contribution in [0, 0.1) is 18.3 Å². The molecule has 2 aliphatic heterocycles. The van der Waals surface area contributed by atoms with E-state index >= 15 is 0 Å². The molecule has 0 amide bonds. The molecule has 8 heteroatoms. The lowest BCUT2D eigenvalue weighted by atomic mass is 9.86. The quantitative estimate of drug-likeness (QED) is 0.0942. The fourth-order valence-electron chi connectivity index (χ4n) is 5.34. The molecule has 0 aliphatic carbocycles. The zero-order valence-corrected chi connectivity index (χ0v) is 29.1. The van der Waals surface area contributed by atoms with Crippen LogP contribution >= 0.6 is 0 Å². The molecule has 0 bridgehead atoms. The summed E-state index contributed by atoms with van der Waals surface area (Å²) in [5.41, 5.74) is -0.821. The Balaban J connectivity index is 2.65. The summed E-state index contributed by atoms with van der Waals surface area (Å²) in [6.45, 7) is 24.5. The number of cyclic esters (lactones) is 1. The summed E-state index contributed by atoms with van der Waals surface area (Å²) in [6, 6.07) is 2.97. The molecule has 1 saturated heterocycles. The van der Waals surface area contributed by atoms with Crippen LogP contribution in [0.2, 0.25) is 36.3 Å². The molecule has 0 aromatic carbocycles. The van der Waals surface area contributed by atoms with E-state index in [1.54, 1.807) is 0 Å². The van der Waals surface area contributed by atoms with E-state index in [1.807, 2.05) is 26.0 Å². The molecule has 0 spiro atoms. The van der Waals surface area contributed by atoms with Gasteiger partial charge in [-0.25, -0.2) is 4.79 Å². The van der Waals surface area contributed by atoms with E-state index in [2.05, 4.69) is 73.6 Å². The fraction of sp³-hybridized carbons (Fsp3) is 0.781. The zero-order chi connectivity index (χ0) is 30.4. The third-order valence-electron chi connectivity index (χ3n) is 9.31. The third kappa shape index (κ3) is 8.65. The van der Waals surface area contributed by atoms with Gasteiger partial charge in [-0.15, -0.1) is 6.42 Å². The molecule has 228 valence electrons. The maximum Gasteiger partial charge on any atom is 0.331 e. The summed E-state index contributed by atoms with van der Waals surface area (Å²) in [6.07, 6.45) is 14.4. The Kier molecular flexibility index (Phi) is 12.1. The summed E-state index contributed by atoms with van der Waals surface area (Å²) >= 11 is 0. The zero-order valence-electron chi connectivity index (χ0n) is 27.1. The van der Waals surface area contributed by atoms with Gasteiger partial charge in [-0.1, -0.05) is 66.5 Å². The summed E-state index contributed by atoms with van der Waals surface area (Å²) < 4.78 is 32.7. The predicted molar refractivity (Wildman–Crippen MR) is 168 cm³/mol. The van der Waals surface area contributed by atoms with Crippen LogP contribution in [0.15, 0.2) is 24.3 Å². The van der Waals surface area contributed by atoms with Crippen molar-refractivity contribution >= 4 is 22.6 Å². The van der Waals surface area contributed by atoms with Gasteiger partial charge < -0.3 is 23.1 Å². The maximum absolute atomic E-state index is 12.2. The lowest BCUT2D eigenvalue weighted by molar-refractivity contribution is -0.310. The average molecular weight is 593 g/mol. The Morgan fingerprint density at radius 1 is 1.12 bits per heavy atom. The first-order valence-corrected chi connectivity index (χ1v) is 20.7. The molecule has 2 heterocycles. The molecule has 0 unspecified atom stereocenters. The molecular formula is C32H56O6Si2. The molecule has 2 aliphatic rings. The summed E-state index contributed by atoms with van der Waals surface area (Å²) in [7, 11) is -4.18. The largest absolute Gasteiger partial charge is 0.454 e. The third-order valence-corrected chi connectivity index (χ3v) is 18.5. The highest BCUT2D eigenvalue weighted by atomic mass is 28.4. The van der Waals surface area contributed by atoms with E-state index in [0.717, 1.165) is 24.6 Å². The lowest BCUT2D eigenvalue weighted by Crippen LogP contribution is -2.59. The monoisotopic (exact) mass is 592 g/mol. The second-order valence-electron chi connectivity index (χ2n) is 13.4. The Morgan fingerprint density at radius 3 is 2.27 bits per heavy atom. The van der Waals surface area contributed by atoms with Crippen LogP contribution in [0.3, 0.4) is 0 Å². The first-order chi connectivity index (χ1) is 18.5. The van der Waals surface area contributed by atoms with Crippen molar-refractivity contribution < 1.29 is 27.9 Å². The normalized spacial score (nSPS) is 27.3. The second kappa shape index (κ2) is 13.8. The standard InChI is InChI=1S/C32H56O6Si2/c1-13-25-18-19-29(33)35-27(25)20-21-32(38-40(15-3,16-4)17-5,22-23-34-39(11,12)30(6,7)8)28-24-26(14-2)36-31(9,10)37-28/h2,18-21,25-28H,13,15-17,22-24H2,1,3-12H3/b21-20+/t25-,26+,27-,28+,32-/m0/s1. The Bertz CT molecular complexity index is 932. The van der Waals surface area contributed by atoms with Gasteiger partial charge in [0, 0.05) is 31.4 Å². The van der Waals surface area contributed by atoms with Gasteiger partial charge in [0.05, 0.1) is 6.10 Å². The van der Waals surface area contributed by atoms with E-state index < -0.39 is 34.1 Å². The van der Waals surface area contributed by atoms with Crippen molar-refractivity contribution in [1.29, 1.82) is 0 Å². The lowest BCUT2D eigenvalue weighted by Gasteiger charge is -2.50. The van der Waals surface area contributed by atoms with E-state index in [9.17, 15) is 4.79 Å². The van der Waals surface area contributed by atoms with E-state index in [1.165, 1.54) is 6.08 Å². The van der Waals surface area contributed by atoms with Gasteiger partial charge in [-0.2, -0.15) is 0 Å². The number of hydrogen-bond acceptors (Lipinski definition) is 6.